The predicted molar refractivity (Wildman–Crippen MR) is 106 cm³/mol. The predicted octanol–water partition coefficient (Wildman–Crippen LogP) is 1.97. The molecule has 2 aliphatic rings. The highest BCUT2D eigenvalue weighted by atomic mass is 32.2. The fourth-order valence-corrected chi connectivity index (χ4v) is 5.76. The summed E-state index contributed by atoms with van der Waals surface area (Å²) in [6.07, 6.45) is 3.69. The first kappa shape index (κ1) is 18.6. The second-order valence-corrected chi connectivity index (χ2v) is 9.58. The van der Waals surface area contributed by atoms with Gasteiger partial charge >= 0.3 is 0 Å². The molecule has 1 aromatic carbocycles. The van der Waals surface area contributed by atoms with Gasteiger partial charge in [0, 0.05) is 6.04 Å². The molecule has 2 aromatic rings. The van der Waals surface area contributed by atoms with Gasteiger partial charge in [-0.15, -0.1) is 0 Å². The number of hydrogen-bond acceptors (Lipinski definition) is 8. The molecule has 2 N–H and O–H groups in total. The van der Waals surface area contributed by atoms with Crippen LogP contribution in [-0.2, 0) is 10.0 Å². The minimum absolute atomic E-state index is 0.121. The van der Waals surface area contributed by atoms with Gasteiger partial charge in [-0.25, -0.2) is 18.1 Å². The zero-order valence-corrected chi connectivity index (χ0v) is 17.1. The summed E-state index contributed by atoms with van der Waals surface area (Å²) in [5.41, 5.74) is 0.964. The third-order valence-corrected chi connectivity index (χ3v) is 7.68. The van der Waals surface area contributed by atoms with Crippen LogP contribution in [0.25, 0.3) is 11.0 Å². The maximum atomic E-state index is 12.8. The molecule has 4 rings (SSSR count). The van der Waals surface area contributed by atoms with Crippen LogP contribution in [0, 0.1) is 11.8 Å². The largest absolute Gasteiger partial charge is 0.343 e. The molecule has 0 bridgehead atoms. The lowest BCUT2D eigenvalue weighted by molar-refractivity contribution is 0.0768. The Kier molecular flexibility index (Phi) is 5.04. The van der Waals surface area contributed by atoms with Crippen LogP contribution in [0.2, 0.25) is 0 Å². The minimum atomic E-state index is -3.78. The second kappa shape index (κ2) is 7.33. The van der Waals surface area contributed by atoms with E-state index in [2.05, 4.69) is 42.5 Å². The van der Waals surface area contributed by atoms with E-state index in [1.54, 1.807) is 12.1 Å². The van der Waals surface area contributed by atoms with Gasteiger partial charge in [0.15, 0.2) is 0 Å². The van der Waals surface area contributed by atoms with E-state index in [1.165, 1.54) is 25.3 Å². The lowest BCUT2D eigenvalue weighted by Gasteiger charge is -2.42. The van der Waals surface area contributed by atoms with Crippen molar-refractivity contribution in [3.63, 3.8) is 0 Å². The minimum Gasteiger partial charge on any atom is -0.343 e. The number of fused-ring (bicyclic) bond motifs is 1. The highest BCUT2D eigenvalue weighted by molar-refractivity contribution is 7.90. The summed E-state index contributed by atoms with van der Waals surface area (Å²) in [7, 11) is -3.78. The Hall–Kier alpha value is -1.78. The molecular weight excluding hydrogens is 384 g/mol. The van der Waals surface area contributed by atoms with E-state index in [4.69, 9.17) is 0 Å². The Morgan fingerprint density at radius 1 is 1.26 bits per heavy atom. The SMILES string of the molecule is C[C@@H]1[C@H](C)CCC[C@H]1N1CN=C(NS(=O)(=O)c2cccc3nsnc23)NC1. The number of rotatable bonds is 3. The lowest BCUT2D eigenvalue weighted by Crippen LogP contribution is -2.55. The van der Waals surface area contributed by atoms with Crippen molar-refractivity contribution in [2.45, 2.75) is 44.0 Å². The fourth-order valence-electron chi connectivity index (χ4n) is 3.98. The number of nitrogens with zero attached hydrogens (tertiary/aromatic N) is 4. The molecule has 0 radical (unpaired) electrons. The molecule has 0 saturated heterocycles. The molecule has 1 aliphatic heterocycles. The first-order valence-electron chi connectivity index (χ1n) is 9.22. The van der Waals surface area contributed by atoms with Gasteiger partial charge < -0.3 is 5.32 Å². The number of aliphatic imine (C=N–C) groups is 1. The third-order valence-electron chi connectivity index (χ3n) is 5.76. The number of hydrogen-bond donors (Lipinski definition) is 2. The van der Waals surface area contributed by atoms with Crippen molar-refractivity contribution in [1.29, 1.82) is 0 Å². The Morgan fingerprint density at radius 2 is 2.11 bits per heavy atom. The van der Waals surface area contributed by atoms with Crippen LogP contribution in [0.3, 0.4) is 0 Å². The summed E-state index contributed by atoms with van der Waals surface area (Å²) in [5, 5.41) is 3.12. The molecule has 1 aliphatic carbocycles. The molecule has 1 aromatic heterocycles. The Morgan fingerprint density at radius 3 is 2.89 bits per heavy atom. The standard InChI is InChI=1S/C17H24N6O2S2/c1-11-5-3-7-14(12(11)2)23-9-18-17(19-10-23)22-27(24,25)15-8-4-6-13-16(15)21-26-20-13/h4,6,8,11-12,14H,3,5,7,9-10H2,1-2H3,(H2,18,19,22)/t11-,12-,14-/m1/s1. The van der Waals surface area contributed by atoms with Crippen LogP contribution in [0.5, 0.6) is 0 Å². The van der Waals surface area contributed by atoms with Gasteiger partial charge in [0.05, 0.1) is 25.1 Å². The molecule has 10 heteroatoms. The van der Waals surface area contributed by atoms with Crippen LogP contribution in [0.15, 0.2) is 28.1 Å². The van der Waals surface area contributed by atoms with E-state index in [0.717, 1.165) is 11.7 Å². The van der Waals surface area contributed by atoms with Gasteiger partial charge in [-0.05, 0) is 30.4 Å². The van der Waals surface area contributed by atoms with E-state index in [-0.39, 0.29) is 10.9 Å². The van der Waals surface area contributed by atoms with Crippen LogP contribution in [0.4, 0.5) is 0 Å². The molecule has 2 heterocycles. The van der Waals surface area contributed by atoms with Gasteiger partial charge in [-0.1, -0.05) is 32.8 Å². The fraction of sp³-hybridized carbons (Fsp3) is 0.588. The van der Waals surface area contributed by atoms with E-state index < -0.39 is 10.0 Å². The highest BCUT2D eigenvalue weighted by Gasteiger charge is 2.33. The number of guanidine groups is 1. The molecular formula is C17H24N6O2S2. The molecule has 0 amide bonds. The average Bonchev–Trinajstić information content (AvgIpc) is 3.13. The van der Waals surface area contributed by atoms with Gasteiger partial charge in [-0.2, -0.15) is 8.75 Å². The number of nitrogens with one attached hydrogen (secondary N) is 2. The summed E-state index contributed by atoms with van der Waals surface area (Å²) in [6, 6.07) is 5.44. The van der Waals surface area contributed by atoms with Crippen molar-refractivity contribution in [2.24, 2.45) is 16.8 Å². The van der Waals surface area contributed by atoms with Crippen LogP contribution < -0.4 is 10.0 Å². The topological polar surface area (TPSA) is 99.6 Å². The summed E-state index contributed by atoms with van der Waals surface area (Å²) in [6.45, 7) is 5.70. The number of benzene rings is 1. The highest BCUT2D eigenvalue weighted by Crippen LogP contribution is 2.32. The van der Waals surface area contributed by atoms with Crippen LogP contribution in [-0.4, -0.2) is 47.4 Å². The van der Waals surface area contributed by atoms with E-state index in [1.807, 2.05) is 0 Å². The maximum absolute atomic E-state index is 12.8. The molecule has 0 spiro atoms. The van der Waals surface area contributed by atoms with Crippen molar-refractivity contribution in [3.8, 4) is 0 Å². The Bertz CT molecular complexity index is 957. The van der Waals surface area contributed by atoms with Crippen LogP contribution in [0.1, 0.15) is 33.1 Å². The molecule has 0 unspecified atom stereocenters. The van der Waals surface area contributed by atoms with Gasteiger partial charge in [-0.3, -0.25) is 4.90 Å². The van der Waals surface area contributed by atoms with E-state index >= 15 is 0 Å². The molecule has 146 valence electrons. The first-order chi connectivity index (χ1) is 13.0. The van der Waals surface area contributed by atoms with Crippen molar-refractivity contribution < 1.29 is 8.42 Å². The van der Waals surface area contributed by atoms with Gasteiger partial charge in [0.2, 0.25) is 5.96 Å². The zero-order valence-electron chi connectivity index (χ0n) is 15.4. The van der Waals surface area contributed by atoms with Crippen molar-refractivity contribution in [2.75, 3.05) is 13.3 Å². The molecule has 27 heavy (non-hydrogen) atoms. The van der Waals surface area contributed by atoms with E-state index in [0.29, 0.717) is 42.2 Å². The molecule has 1 fully saturated rings. The Labute approximate surface area is 163 Å². The summed E-state index contributed by atoms with van der Waals surface area (Å²) < 4.78 is 36.3. The quantitative estimate of drug-likeness (QED) is 0.806. The summed E-state index contributed by atoms with van der Waals surface area (Å²) in [5.74, 6) is 1.60. The van der Waals surface area contributed by atoms with E-state index in [9.17, 15) is 8.42 Å². The van der Waals surface area contributed by atoms with Gasteiger partial charge in [0.1, 0.15) is 15.9 Å². The average molecular weight is 409 g/mol. The normalized spacial score (nSPS) is 27.2. The van der Waals surface area contributed by atoms with Crippen molar-refractivity contribution in [3.05, 3.63) is 18.2 Å². The second-order valence-electron chi connectivity index (χ2n) is 7.40. The Balaban J connectivity index is 1.48. The van der Waals surface area contributed by atoms with Crippen LogP contribution >= 0.6 is 11.7 Å². The monoisotopic (exact) mass is 408 g/mol. The lowest BCUT2D eigenvalue weighted by atomic mass is 9.77. The van der Waals surface area contributed by atoms with Crippen molar-refractivity contribution in [1.82, 2.24) is 23.7 Å². The zero-order chi connectivity index (χ0) is 19.0. The number of aromatic nitrogens is 2. The summed E-state index contributed by atoms with van der Waals surface area (Å²) in [4.78, 5) is 6.85. The summed E-state index contributed by atoms with van der Waals surface area (Å²) >= 11 is 1.00. The third kappa shape index (κ3) is 3.65. The smallest absolute Gasteiger partial charge is 0.266 e. The number of sulfonamides is 1. The maximum Gasteiger partial charge on any atom is 0.266 e. The van der Waals surface area contributed by atoms with Crippen molar-refractivity contribution >= 4 is 38.7 Å². The molecule has 8 nitrogen and oxygen atoms in total. The molecule has 3 atom stereocenters. The first-order valence-corrected chi connectivity index (χ1v) is 11.4. The molecule has 1 saturated carbocycles. The van der Waals surface area contributed by atoms with Gasteiger partial charge in [0.25, 0.3) is 10.0 Å².